The molecule has 0 aliphatic carbocycles. The van der Waals surface area contributed by atoms with Crippen molar-refractivity contribution < 1.29 is 14.3 Å². The van der Waals surface area contributed by atoms with Crippen molar-refractivity contribution in [3.05, 3.63) is 35.5 Å². The number of ether oxygens (including phenoxy) is 2. The number of benzene rings is 1. The number of rotatable bonds is 3. The first-order valence-corrected chi connectivity index (χ1v) is 7.48. The van der Waals surface area contributed by atoms with Crippen LogP contribution < -0.4 is 4.90 Å². The number of aromatic nitrogens is 1. The number of methoxy groups -OCH3 is 1. The number of hydrogen-bond acceptors (Lipinski definition) is 5. The maximum absolute atomic E-state index is 11.8. The van der Waals surface area contributed by atoms with Gasteiger partial charge in [-0.3, -0.25) is 9.78 Å². The van der Waals surface area contributed by atoms with E-state index in [0.29, 0.717) is 13.2 Å². The van der Waals surface area contributed by atoms with Crippen LogP contribution in [-0.2, 0) is 20.7 Å². The van der Waals surface area contributed by atoms with Gasteiger partial charge in [-0.1, -0.05) is 18.2 Å². The van der Waals surface area contributed by atoms with E-state index in [4.69, 9.17) is 9.47 Å². The maximum atomic E-state index is 11.8. The zero-order valence-corrected chi connectivity index (χ0v) is 13.0. The van der Waals surface area contributed by atoms with Crippen LogP contribution in [0.1, 0.15) is 11.3 Å². The van der Waals surface area contributed by atoms with Crippen molar-refractivity contribution in [2.75, 3.05) is 38.3 Å². The second kappa shape index (κ2) is 6.32. The van der Waals surface area contributed by atoms with E-state index in [0.717, 1.165) is 40.9 Å². The fourth-order valence-electron chi connectivity index (χ4n) is 2.93. The van der Waals surface area contributed by atoms with Gasteiger partial charge in [0.05, 0.1) is 37.9 Å². The summed E-state index contributed by atoms with van der Waals surface area (Å²) < 4.78 is 10.3. The molecule has 22 heavy (non-hydrogen) atoms. The lowest BCUT2D eigenvalue weighted by Crippen LogP contribution is -2.37. The summed E-state index contributed by atoms with van der Waals surface area (Å²) in [6, 6.07) is 8.06. The summed E-state index contributed by atoms with van der Waals surface area (Å²) in [6.45, 7) is 5.00. The number of para-hydroxylation sites is 1. The monoisotopic (exact) mass is 300 g/mol. The van der Waals surface area contributed by atoms with E-state index < -0.39 is 0 Å². The molecule has 2 heterocycles. The minimum Gasteiger partial charge on any atom is -0.469 e. The second-order valence-electron chi connectivity index (χ2n) is 5.39. The highest BCUT2D eigenvalue weighted by molar-refractivity contribution is 5.95. The van der Waals surface area contributed by atoms with Crippen LogP contribution in [-0.4, -0.2) is 44.4 Å². The molecular formula is C17H20N2O3. The van der Waals surface area contributed by atoms with E-state index in [9.17, 15) is 4.79 Å². The average Bonchev–Trinajstić information content (AvgIpc) is 2.56. The Kier molecular flexibility index (Phi) is 4.24. The number of carbonyl (C=O) groups excluding carboxylic acids is 1. The van der Waals surface area contributed by atoms with E-state index in [1.807, 2.05) is 25.1 Å². The number of nitrogens with zero attached hydrogens (tertiary/aromatic N) is 2. The van der Waals surface area contributed by atoms with Crippen LogP contribution in [0.15, 0.2) is 24.3 Å². The summed E-state index contributed by atoms with van der Waals surface area (Å²) >= 11 is 0. The Morgan fingerprint density at radius 1 is 1.32 bits per heavy atom. The minimum absolute atomic E-state index is 0.241. The summed E-state index contributed by atoms with van der Waals surface area (Å²) in [4.78, 5) is 18.8. The summed E-state index contributed by atoms with van der Waals surface area (Å²) in [6.07, 6.45) is 0.243. The highest BCUT2D eigenvalue weighted by atomic mass is 16.5. The Bertz CT molecular complexity index is 694. The molecule has 0 N–H and O–H groups in total. The summed E-state index contributed by atoms with van der Waals surface area (Å²) in [5.74, 6) is -0.241. The Hall–Kier alpha value is -2.14. The Morgan fingerprint density at radius 2 is 2.05 bits per heavy atom. The molecule has 116 valence electrons. The minimum atomic E-state index is -0.241. The van der Waals surface area contributed by atoms with E-state index >= 15 is 0 Å². The molecule has 0 atom stereocenters. The van der Waals surface area contributed by atoms with Crippen molar-refractivity contribution in [3.8, 4) is 0 Å². The third kappa shape index (κ3) is 2.76. The molecular weight excluding hydrogens is 280 g/mol. The highest BCUT2D eigenvalue weighted by Crippen LogP contribution is 2.32. The molecule has 1 saturated heterocycles. The lowest BCUT2D eigenvalue weighted by molar-refractivity contribution is -0.139. The molecule has 1 aliphatic rings. The number of morpholine rings is 1. The molecule has 0 amide bonds. The van der Waals surface area contributed by atoms with Crippen molar-refractivity contribution in [2.45, 2.75) is 13.3 Å². The van der Waals surface area contributed by atoms with Gasteiger partial charge in [-0.25, -0.2) is 0 Å². The molecule has 0 unspecified atom stereocenters. The quantitative estimate of drug-likeness (QED) is 0.813. The molecule has 2 aromatic rings. The summed E-state index contributed by atoms with van der Waals surface area (Å²) in [5, 5.41) is 1.08. The largest absolute Gasteiger partial charge is 0.469 e. The summed E-state index contributed by atoms with van der Waals surface area (Å²) in [7, 11) is 1.42. The van der Waals surface area contributed by atoms with E-state index in [1.165, 1.54) is 7.11 Å². The number of hydrogen-bond donors (Lipinski definition) is 0. The number of fused-ring (bicyclic) bond motifs is 1. The molecule has 0 spiro atoms. The molecule has 0 saturated carbocycles. The maximum Gasteiger partial charge on any atom is 0.310 e. The van der Waals surface area contributed by atoms with Crippen LogP contribution in [0.5, 0.6) is 0 Å². The predicted octanol–water partition coefficient (Wildman–Crippen LogP) is 2.10. The van der Waals surface area contributed by atoms with E-state index in [-0.39, 0.29) is 12.4 Å². The molecule has 1 fully saturated rings. The lowest BCUT2D eigenvalue weighted by Gasteiger charge is -2.32. The van der Waals surface area contributed by atoms with Crippen LogP contribution in [0.3, 0.4) is 0 Å². The summed E-state index contributed by atoms with van der Waals surface area (Å²) in [5.41, 5.74) is 3.88. The van der Waals surface area contributed by atoms with E-state index in [1.54, 1.807) is 0 Å². The van der Waals surface area contributed by atoms with Crippen molar-refractivity contribution >= 4 is 22.6 Å². The number of aryl methyl sites for hydroxylation is 1. The normalized spacial score (nSPS) is 15.1. The zero-order chi connectivity index (χ0) is 15.5. The molecule has 5 heteroatoms. The zero-order valence-electron chi connectivity index (χ0n) is 13.0. The van der Waals surface area contributed by atoms with Gasteiger partial charge in [-0.15, -0.1) is 0 Å². The average molecular weight is 300 g/mol. The molecule has 1 aliphatic heterocycles. The van der Waals surface area contributed by atoms with Gasteiger partial charge >= 0.3 is 5.97 Å². The molecule has 5 nitrogen and oxygen atoms in total. The predicted molar refractivity (Wildman–Crippen MR) is 85.2 cm³/mol. The first-order valence-electron chi connectivity index (χ1n) is 7.48. The van der Waals surface area contributed by atoms with Crippen molar-refractivity contribution in [3.63, 3.8) is 0 Å². The van der Waals surface area contributed by atoms with Gasteiger partial charge in [0.15, 0.2) is 0 Å². The first-order chi connectivity index (χ1) is 10.7. The van der Waals surface area contributed by atoms with Gasteiger partial charge in [0.25, 0.3) is 0 Å². The first kappa shape index (κ1) is 14.8. The van der Waals surface area contributed by atoms with Crippen molar-refractivity contribution in [1.82, 2.24) is 4.98 Å². The van der Waals surface area contributed by atoms with Gasteiger partial charge in [0.2, 0.25) is 0 Å². The van der Waals surface area contributed by atoms with Gasteiger partial charge < -0.3 is 14.4 Å². The third-order valence-electron chi connectivity index (χ3n) is 4.05. The highest BCUT2D eigenvalue weighted by Gasteiger charge is 2.22. The Balaban J connectivity index is 2.17. The number of carbonyl (C=O) groups is 1. The number of pyridine rings is 1. The van der Waals surface area contributed by atoms with Gasteiger partial charge in [-0.05, 0) is 13.0 Å². The van der Waals surface area contributed by atoms with Crippen molar-refractivity contribution in [2.24, 2.45) is 0 Å². The fourth-order valence-corrected chi connectivity index (χ4v) is 2.93. The van der Waals surface area contributed by atoms with E-state index in [2.05, 4.69) is 16.0 Å². The second-order valence-corrected chi connectivity index (χ2v) is 5.39. The van der Waals surface area contributed by atoms with Crippen LogP contribution in [0.25, 0.3) is 10.9 Å². The van der Waals surface area contributed by atoms with Gasteiger partial charge in [-0.2, -0.15) is 0 Å². The van der Waals surface area contributed by atoms with Crippen molar-refractivity contribution in [1.29, 1.82) is 0 Å². The topological polar surface area (TPSA) is 51.7 Å². The van der Waals surface area contributed by atoms with Crippen LogP contribution in [0.2, 0.25) is 0 Å². The SMILES string of the molecule is COC(=O)Cc1c(C)nc2ccccc2c1N1CCOCC1. The third-order valence-corrected chi connectivity index (χ3v) is 4.05. The molecule has 0 radical (unpaired) electrons. The number of anilines is 1. The smallest absolute Gasteiger partial charge is 0.310 e. The molecule has 1 aromatic heterocycles. The van der Waals surface area contributed by atoms with Crippen LogP contribution >= 0.6 is 0 Å². The Labute approximate surface area is 129 Å². The molecule has 1 aromatic carbocycles. The standard InChI is InChI=1S/C17H20N2O3/c1-12-14(11-16(20)21-2)17(19-7-9-22-10-8-19)13-5-3-4-6-15(13)18-12/h3-6H,7-11H2,1-2H3. The van der Waals surface area contributed by atoms with Gasteiger partial charge in [0, 0.05) is 29.7 Å². The lowest BCUT2D eigenvalue weighted by atomic mass is 10.0. The van der Waals surface area contributed by atoms with Gasteiger partial charge in [0.1, 0.15) is 0 Å². The van der Waals surface area contributed by atoms with Crippen LogP contribution in [0, 0.1) is 6.92 Å². The number of esters is 1. The fraction of sp³-hybridized carbons (Fsp3) is 0.412. The Morgan fingerprint density at radius 3 is 2.77 bits per heavy atom. The molecule has 0 bridgehead atoms. The van der Waals surface area contributed by atoms with Crippen LogP contribution in [0.4, 0.5) is 5.69 Å². The molecule has 3 rings (SSSR count).